The SMILES string of the molecule is COC(=O)CC(NC1[C@H]2CN(CCCc3ccc4c(n3)N(C(=O)O)CCC4)C[C@@H]12)c1ccc(OC(C)C)cc1. The zero-order valence-electron chi connectivity index (χ0n) is 23.1. The van der Waals surface area contributed by atoms with Crippen LogP contribution < -0.4 is 15.0 Å². The van der Waals surface area contributed by atoms with Crippen LogP contribution in [0.1, 0.15) is 56.0 Å². The Kier molecular flexibility index (Phi) is 8.37. The lowest BCUT2D eigenvalue weighted by atomic mass is 10.0. The van der Waals surface area contributed by atoms with Crippen molar-refractivity contribution in [3.8, 4) is 5.75 Å². The minimum atomic E-state index is -0.925. The third kappa shape index (κ3) is 6.53. The number of likely N-dealkylation sites (tertiary alicyclic amines) is 1. The van der Waals surface area contributed by atoms with Gasteiger partial charge in [-0.05, 0) is 87.2 Å². The number of esters is 1. The van der Waals surface area contributed by atoms with Gasteiger partial charge in [0.1, 0.15) is 11.6 Å². The maximum absolute atomic E-state index is 12.1. The van der Waals surface area contributed by atoms with Gasteiger partial charge in [-0.3, -0.25) is 9.69 Å². The Balaban J connectivity index is 1.10. The summed E-state index contributed by atoms with van der Waals surface area (Å²) in [4.78, 5) is 32.3. The first kappa shape index (κ1) is 27.4. The van der Waals surface area contributed by atoms with Crippen molar-refractivity contribution in [1.29, 1.82) is 0 Å². The van der Waals surface area contributed by atoms with Gasteiger partial charge in [0.2, 0.25) is 0 Å². The van der Waals surface area contributed by atoms with E-state index in [0.717, 1.165) is 67.9 Å². The van der Waals surface area contributed by atoms with Crippen molar-refractivity contribution in [2.45, 2.75) is 64.1 Å². The summed E-state index contributed by atoms with van der Waals surface area (Å²) < 4.78 is 10.7. The van der Waals surface area contributed by atoms with E-state index in [-0.39, 0.29) is 18.1 Å². The summed E-state index contributed by atoms with van der Waals surface area (Å²) in [5.74, 6) is 2.42. The number of aromatic nitrogens is 1. The van der Waals surface area contributed by atoms with Gasteiger partial charge in [-0.1, -0.05) is 18.2 Å². The molecule has 1 aromatic carbocycles. The van der Waals surface area contributed by atoms with Crippen LogP contribution in [0.15, 0.2) is 36.4 Å². The lowest BCUT2D eigenvalue weighted by molar-refractivity contribution is -0.141. The van der Waals surface area contributed by atoms with Crippen LogP contribution >= 0.6 is 0 Å². The Morgan fingerprint density at radius 2 is 1.87 bits per heavy atom. The van der Waals surface area contributed by atoms with E-state index >= 15 is 0 Å². The van der Waals surface area contributed by atoms with Crippen molar-refractivity contribution < 1.29 is 24.2 Å². The number of ether oxygens (including phenoxy) is 2. The predicted octanol–water partition coefficient (Wildman–Crippen LogP) is 4.06. The number of hydrogen-bond acceptors (Lipinski definition) is 7. The number of carbonyl (C=O) groups is 2. The third-order valence-corrected chi connectivity index (χ3v) is 8.15. The van der Waals surface area contributed by atoms with E-state index in [9.17, 15) is 14.7 Å². The highest BCUT2D eigenvalue weighted by Crippen LogP contribution is 2.47. The van der Waals surface area contributed by atoms with E-state index < -0.39 is 6.09 Å². The molecule has 1 saturated heterocycles. The summed E-state index contributed by atoms with van der Waals surface area (Å²) in [6.07, 6.45) is 3.05. The van der Waals surface area contributed by atoms with Crippen molar-refractivity contribution in [1.82, 2.24) is 15.2 Å². The predicted molar refractivity (Wildman–Crippen MR) is 148 cm³/mol. The number of methoxy groups -OCH3 is 1. The highest BCUT2D eigenvalue weighted by molar-refractivity contribution is 5.86. The van der Waals surface area contributed by atoms with Crippen LogP contribution in [0, 0.1) is 11.8 Å². The first-order valence-corrected chi connectivity index (χ1v) is 14.1. The van der Waals surface area contributed by atoms with Crippen molar-refractivity contribution >= 4 is 17.9 Å². The number of nitrogens with one attached hydrogen (secondary N) is 1. The van der Waals surface area contributed by atoms with Gasteiger partial charge in [0, 0.05) is 37.4 Å². The number of hydrogen-bond donors (Lipinski definition) is 2. The van der Waals surface area contributed by atoms with E-state index in [1.807, 2.05) is 44.2 Å². The fourth-order valence-corrected chi connectivity index (χ4v) is 6.14. The van der Waals surface area contributed by atoms with E-state index in [1.165, 1.54) is 12.0 Å². The smallest absolute Gasteiger partial charge is 0.413 e. The molecular weight excluding hydrogens is 496 g/mol. The van der Waals surface area contributed by atoms with Crippen LogP contribution in [0.3, 0.4) is 0 Å². The van der Waals surface area contributed by atoms with Gasteiger partial charge in [0.25, 0.3) is 0 Å². The molecule has 0 bridgehead atoms. The molecule has 2 aromatic rings. The van der Waals surface area contributed by atoms with Crippen molar-refractivity contribution in [3.63, 3.8) is 0 Å². The van der Waals surface area contributed by atoms with Crippen LogP contribution in [0.5, 0.6) is 5.75 Å². The highest BCUT2D eigenvalue weighted by atomic mass is 16.5. The third-order valence-electron chi connectivity index (χ3n) is 8.15. The number of piperidine rings is 1. The first-order chi connectivity index (χ1) is 18.8. The summed E-state index contributed by atoms with van der Waals surface area (Å²) in [7, 11) is 1.44. The van der Waals surface area contributed by atoms with Gasteiger partial charge in [-0.25, -0.2) is 9.78 Å². The molecule has 2 unspecified atom stereocenters. The molecule has 210 valence electrons. The number of anilines is 1. The Morgan fingerprint density at radius 1 is 1.13 bits per heavy atom. The molecule has 1 saturated carbocycles. The molecule has 2 N–H and O–H groups in total. The van der Waals surface area contributed by atoms with Gasteiger partial charge in [-0.15, -0.1) is 0 Å². The Labute approximate surface area is 230 Å². The summed E-state index contributed by atoms with van der Waals surface area (Å²) in [6, 6.07) is 12.4. The van der Waals surface area contributed by atoms with Gasteiger partial charge >= 0.3 is 12.1 Å². The average Bonchev–Trinajstić information content (AvgIpc) is 3.35. The Hall–Kier alpha value is -3.17. The fraction of sp³-hybridized carbons (Fsp3) is 0.567. The normalized spacial score (nSPS) is 22.8. The molecule has 2 aliphatic heterocycles. The molecule has 4 atom stereocenters. The quantitative estimate of drug-likeness (QED) is 0.415. The van der Waals surface area contributed by atoms with Crippen LogP contribution in [0.2, 0.25) is 0 Å². The molecule has 1 aromatic heterocycles. The molecule has 1 amide bonds. The molecule has 9 heteroatoms. The highest BCUT2D eigenvalue weighted by Gasteiger charge is 2.55. The number of pyridine rings is 1. The van der Waals surface area contributed by atoms with Gasteiger partial charge < -0.3 is 24.8 Å². The minimum Gasteiger partial charge on any atom is -0.491 e. The number of aryl methyl sites for hydroxylation is 2. The van der Waals surface area contributed by atoms with Crippen molar-refractivity contribution in [2.75, 3.05) is 38.2 Å². The average molecular weight is 537 g/mol. The summed E-state index contributed by atoms with van der Waals surface area (Å²) in [5.41, 5.74) is 3.05. The second-order valence-electron chi connectivity index (χ2n) is 11.3. The van der Waals surface area contributed by atoms with E-state index in [2.05, 4.69) is 16.3 Å². The number of amides is 1. The number of benzene rings is 1. The van der Waals surface area contributed by atoms with Crippen LogP contribution in [0.4, 0.5) is 10.6 Å². The largest absolute Gasteiger partial charge is 0.491 e. The maximum atomic E-state index is 12.1. The van der Waals surface area contributed by atoms with Gasteiger partial charge in [0.15, 0.2) is 0 Å². The molecule has 5 rings (SSSR count). The standard InChI is InChI=1S/C30H40N4O5/c1-19(2)39-23-12-9-20(10-13-23)26(16-27(35)38-3)32-28-24-17-33(18-25(24)28)14-5-7-22-11-8-21-6-4-15-34(30(36)37)29(21)31-22/h8-13,19,24-26,28,32H,4-7,14-18H2,1-3H3,(H,36,37)/t24-,25+,26?,28?. The summed E-state index contributed by atoms with van der Waals surface area (Å²) in [5, 5.41) is 13.3. The van der Waals surface area contributed by atoms with Gasteiger partial charge in [-0.2, -0.15) is 0 Å². The molecule has 2 fully saturated rings. The number of fused-ring (bicyclic) bond motifs is 2. The molecule has 3 aliphatic rings. The van der Waals surface area contributed by atoms with Crippen LogP contribution in [-0.2, 0) is 22.4 Å². The van der Waals surface area contributed by atoms with Gasteiger partial charge in [0.05, 0.1) is 19.6 Å². The van der Waals surface area contributed by atoms with E-state index in [4.69, 9.17) is 14.5 Å². The molecule has 1 aliphatic carbocycles. The summed E-state index contributed by atoms with van der Waals surface area (Å²) >= 11 is 0. The lowest BCUT2D eigenvalue weighted by Crippen LogP contribution is -2.35. The van der Waals surface area contributed by atoms with E-state index in [1.54, 1.807) is 0 Å². The molecule has 0 spiro atoms. The Bertz CT molecular complexity index is 1160. The molecule has 9 nitrogen and oxygen atoms in total. The maximum Gasteiger partial charge on any atom is 0.413 e. The topological polar surface area (TPSA) is 104 Å². The number of carboxylic acid groups (broad SMARTS) is 1. The van der Waals surface area contributed by atoms with Crippen LogP contribution in [0.25, 0.3) is 0 Å². The lowest BCUT2D eigenvalue weighted by Gasteiger charge is -2.26. The monoisotopic (exact) mass is 536 g/mol. The second kappa shape index (κ2) is 11.9. The Morgan fingerprint density at radius 3 is 2.54 bits per heavy atom. The zero-order chi connectivity index (χ0) is 27.5. The summed E-state index contributed by atoms with van der Waals surface area (Å²) in [6.45, 7) is 7.64. The molecule has 39 heavy (non-hydrogen) atoms. The minimum absolute atomic E-state index is 0.0879. The van der Waals surface area contributed by atoms with Crippen molar-refractivity contribution in [2.24, 2.45) is 11.8 Å². The molecule has 0 radical (unpaired) electrons. The number of nitrogens with zero attached hydrogens (tertiary/aromatic N) is 3. The fourth-order valence-electron chi connectivity index (χ4n) is 6.14. The first-order valence-electron chi connectivity index (χ1n) is 14.1. The molecular formula is C30H40N4O5. The number of rotatable bonds is 11. The second-order valence-corrected chi connectivity index (χ2v) is 11.3. The molecule has 3 heterocycles. The number of carbonyl (C=O) groups excluding carboxylic acids is 1. The van der Waals surface area contributed by atoms with Crippen molar-refractivity contribution in [3.05, 3.63) is 53.2 Å². The van der Waals surface area contributed by atoms with Crippen LogP contribution in [-0.4, -0.2) is 72.5 Å². The van der Waals surface area contributed by atoms with E-state index in [0.29, 0.717) is 36.7 Å². The zero-order valence-corrected chi connectivity index (χ0v) is 23.1.